The van der Waals surface area contributed by atoms with Crippen molar-refractivity contribution >= 4 is 0 Å². The molecule has 1 aromatic heterocycles. The smallest absolute Gasteiger partial charge is 0.422 e. The first-order valence-corrected chi connectivity index (χ1v) is 5.97. The highest BCUT2D eigenvalue weighted by Crippen LogP contribution is 2.23. The monoisotopic (exact) mass is 276 g/mol. The van der Waals surface area contributed by atoms with E-state index in [2.05, 4.69) is 10.3 Å². The van der Waals surface area contributed by atoms with Crippen molar-refractivity contribution in [2.75, 3.05) is 6.61 Å². The largest absolute Gasteiger partial charge is 0.484 e. The Balaban J connectivity index is 2.80. The summed E-state index contributed by atoms with van der Waals surface area (Å²) in [6, 6.07) is 1.52. The molecular weight excluding hydrogens is 257 g/mol. The highest BCUT2D eigenvalue weighted by atomic mass is 19.4. The van der Waals surface area contributed by atoms with E-state index in [-0.39, 0.29) is 11.3 Å². The van der Waals surface area contributed by atoms with Gasteiger partial charge in [0.25, 0.3) is 0 Å². The number of ether oxygens (including phenoxy) is 1. The first-order valence-electron chi connectivity index (χ1n) is 5.97. The van der Waals surface area contributed by atoms with Crippen LogP contribution in [0, 0.1) is 6.92 Å². The molecule has 0 atom stereocenters. The Kier molecular flexibility index (Phi) is 4.79. The molecular formula is C13H19F3N2O. The molecule has 1 rings (SSSR count). The summed E-state index contributed by atoms with van der Waals surface area (Å²) in [6.45, 7) is 6.75. The van der Waals surface area contributed by atoms with Gasteiger partial charge in [0.1, 0.15) is 5.75 Å². The van der Waals surface area contributed by atoms with Crippen LogP contribution in [0.2, 0.25) is 0 Å². The van der Waals surface area contributed by atoms with E-state index < -0.39 is 12.8 Å². The van der Waals surface area contributed by atoms with Gasteiger partial charge in [0.2, 0.25) is 0 Å². The first-order chi connectivity index (χ1) is 8.57. The van der Waals surface area contributed by atoms with Crippen LogP contribution < -0.4 is 10.1 Å². The second-order valence-corrected chi connectivity index (χ2v) is 5.44. The summed E-state index contributed by atoms with van der Waals surface area (Å²) < 4.78 is 41.4. The molecule has 0 aliphatic heterocycles. The molecule has 0 radical (unpaired) electrons. The average Bonchev–Trinajstić information content (AvgIpc) is 2.22. The predicted molar refractivity (Wildman–Crippen MR) is 67.1 cm³/mol. The molecule has 108 valence electrons. The lowest BCUT2D eigenvalue weighted by molar-refractivity contribution is -0.153. The molecule has 0 aliphatic rings. The van der Waals surface area contributed by atoms with Crippen molar-refractivity contribution < 1.29 is 17.9 Å². The normalized spacial score (nSPS) is 12.6. The van der Waals surface area contributed by atoms with Gasteiger partial charge in [-0.2, -0.15) is 13.2 Å². The van der Waals surface area contributed by atoms with Crippen LogP contribution in [-0.2, 0) is 6.54 Å². The van der Waals surface area contributed by atoms with Crippen molar-refractivity contribution in [1.29, 1.82) is 0 Å². The third-order valence-corrected chi connectivity index (χ3v) is 2.28. The molecule has 1 aromatic rings. The van der Waals surface area contributed by atoms with Crippen molar-refractivity contribution in [3.63, 3.8) is 0 Å². The topological polar surface area (TPSA) is 34.1 Å². The fourth-order valence-corrected chi connectivity index (χ4v) is 1.35. The zero-order valence-electron chi connectivity index (χ0n) is 11.6. The Morgan fingerprint density at radius 2 is 1.89 bits per heavy atom. The molecule has 0 spiro atoms. The molecule has 0 amide bonds. The maximum absolute atomic E-state index is 12.2. The minimum atomic E-state index is -4.34. The van der Waals surface area contributed by atoms with Crippen molar-refractivity contribution in [1.82, 2.24) is 10.3 Å². The van der Waals surface area contributed by atoms with E-state index in [0.29, 0.717) is 17.8 Å². The van der Waals surface area contributed by atoms with Crippen LogP contribution >= 0.6 is 0 Å². The highest BCUT2D eigenvalue weighted by molar-refractivity contribution is 5.33. The Morgan fingerprint density at radius 1 is 1.26 bits per heavy atom. The van der Waals surface area contributed by atoms with E-state index >= 15 is 0 Å². The van der Waals surface area contributed by atoms with Crippen LogP contribution in [0.15, 0.2) is 12.3 Å². The van der Waals surface area contributed by atoms with Crippen LogP contribution in [0.5, 0.6) is 5.75 Å². The van der Waals surface area contributed by atoms with Crippen molar-refractivity contribution in [2.45, 2.75) is 46.0 Å². The van der Waals surface area contributed by atoms with Crippen LogP contribution in [0.25, 0.3) is 0 Å². The number of aryl methyl sites for hydroxylation is 1. The molecule has 3 nitrogen and oxygen atoms in total. The van der Waals surface area contributed by atoms with Crippen LogP contribution in [0.1, 0.15) is 32.0 Å². The SMILES string of the molecule is Cc1cc(OCC(F)(F)F)c(CNC(C)(C)C)cn1. The van der Waals surface area contributed by atoms with E-state index in [0.717, 1.165) is 0 Å². The van der Waals surface area contributed by atoms with Gasteiger partial charge >= 0.3 is 6.18 Å². The Hall–Kier alpha value is -1.30. The number of rotatable bonds is 4. The third-order valence-electron chi connectivity index (χ3n) is 2.28. The predicted octanol–water partition coefficient (Wildman–Crippen LogP) is 3.22. The maximum atomic E-state index is 12.2. The minimum Gasteiger partial charge on any atom is -0.484 e. The number of aromatic nitrogens is 1. The van der Waals surface area contributed by atoms with E-state index in [4.69, 9.17) is 4.74 Å². The number of hydrogen-bond acceptors (Lipinski definition) is 3. The number of alkyl halides is 3. The summed E-state index contributed by atoms with van der Waals surface area (Å²) in [4.78, 5) is 4.08. The second kappa shape index (κ2) is 5.77. The summed E-state index contributed by atoms with van der Waals surface area (Å²) in [5, 5.41) is 3.19. The van der Waals surface area contributed by atoms with E-state index in [1.165, 1.54) is 6.07 Å². The fraction of sp³-hybridized carbons (Fsp3) is 0.615. The summed E-state index contributed by atoms with van der Waals surface area (Å²) in [7, 11) is 0. The summed E-state index contributed by atoms with van der Waals surface area (Å²) in [5.41, 5.74) is 1.10. The zero-order chi connectivity index (χ0) is 14.7. The Labute approximate surface area is 111 Å². The van der Waals surface area contributed by atoms with E-state index in [1.54, 1.807) is 13.1 Å². The maximum Gasteiger partial charge on any atom is 0.422 e. The molecule has 1 N–H and O–H groups in total. The van der Waals surface area contributed by atoms with Gasteiger partial charge in [-0.3, -0.25) is 4.98 Å². The van der Waals surface area contributed by atoms with Gasteiger partial charge in [0.05, 0.1) is 0 Å². The molecule has 0 saturated carbocycles. The number of nitrogens with zero attached hydrogens (tertiary/aromatic N) is 1. The number of hydrogen-bond donors (Lipinski definition) is 1. The molecule has 6 heteroatoms. The lowest BCUT2D eigenvalue weighted by Gasteiger charge is -2.21. The first kappa shape index (κ1) is 15.8. The van der Waals surface area contributed by atoms with Crippen molar-refractivity contribution in [3.8, 4) is 5.75 Å². The van der Waals surface area contributed by atoms with Gasteiger partial charge in [0, 0.05) is 35.6 Å². The summed E-state index contributed by atoms with van der Waals surface area (Å²) in [5.74, 6) is 0.224. The van der Waals surface area contributed by atoms with Gasteiger partial charge in [-0.05, 0) is 27.7 Å². The van der Waals surface area contributed by atoms with Crippen LogP contribution in [0.4, 0.5) is 13.2 Å². The number of pyridine rings is 1. The average molecular weight is 276 g/mol. The lowest BCUT2D eigenvalue weighted by Crippen LogP contribution is -2.35. The van der Waals surface area contributed by atoms with Crippen LogP contribution in [-0.4, -0.2) is 23.3 Å². The molecule has 1 heterocycles. The van der Waals surface area contributed by atoms with Gasteiger partial charge < -0.3 is 10.1 Å². The molecule has 0 saturated heterocycles. The van der Waals surface area contributed by atoms with Gasteiger partial charge in [-0.25, -0.2) is 0 Å². The fourth-order valence-electron chi connectivity index (χ4n) is 1.35. The standard InChI is InChI=1S/C13H19F3N2O/c1-9-5-11(19-8-13(14,15)16)10(6-17-9)7-18-12(2,3)4/h5-6,18H,7-8H2,1-4H3. The molecule has 0 aromatic carbocycles. The van der Waals surface area contributed by atoms with Gasteiger partial charge in [-0.15, -0.1) is 0 Å². The van der Waals surface area contributed by atoms with Crippen LogP contribution in [0.3, 0.4) is 0 Å². The van der Waals surface area contributed by atoms with Gasteiger partial charge in [0.15, 0.2) is 6.61 Å². The summed E-state index contributed by atoms with van der Waals surface area (Å²) in [6.07, 6.45) is -2.80. The number of halogens is 3. The van der Waals surface area contributed by atoms with E-state index in [1.807, 2.05) is 20.8 Å². The molecule has 19 heavy (non-hydrogen) atoms. The second-order valence-electron chi connectivity index (χ2n) is 5.44. The highest BCUT2D eigenvalue weighted by Gasteiger charge is 2.29. The summed E-state index contributed by atoms with van der Waals surface area (Å²) >= 11 is 0. The molecule has 0 bridgehead atoms. The quantitative estimate of drug-likeness (QED) is 0.917. The Morgan fingerprint density at radius 3 is 2.42 bits per heavy atom. The third kappa shape index (κ3) is 6.42. The van der Waals surface area contributed by atoms with E-state index in [9.17, 15) is 13.2 Å². The van der Waals surface area contributed by atoms with Gasteiger partial charge in [-0.1, -0.05) is 0 Å². The van der Waals surface area contributed by atoms with Crippen molar-refractivity contribution in [3.05, 3.63) is 23.5 Å². The molecule has 0 aliphatic carbocycles. The Bertz CT molecular complexity index is 425. The lowest BCUT2D eigenvalue weighted by atomic mass is 10.1. The molecule has 0 fully saturated rings. The number of nitrogens with one attached hydrogen (secondary N) is 1. The minimum absolute atomic E-state index is 0.133. The molecule has 0 unspecified atom stereocenters. The zero-order valence-corrected chi connectivity index (χ0v) is 11.6. The van der Waals surface area contributed by atoms with Crippen molar-refractivity contribution in [2.24, 2.45) is 0 Å².